The van der Waals surface area contributed by atoms with Gasteiger partial charge in [-0.15, -0.1) is 11.3 Å². The smallest absolute Gasteiger partial charge is 0.264 e. The molecule has 1 amide bonds. The molecule has 2 aliphatic rings. The summed E-state index contributed by atoms with van der Waals surface area (Å²) in [6.07, 6.45) is 5.57. The van der Waals surface area contributed by atoms with Crippen LogP contribution in [0.15, 0.2) is 30.3 Å². The number of ether oxygens (including phenoxy) is 1. The molecule has 2 aromatic rings. The molecule has 1 fully saturated rings. The standard InChI is InChI=1S/C23H28N2O2S/c1-16-14-21(28-22(16)23(26)25-10-4-5-11-25)18-6-7-19(20(15-18)27-3)17-8-12-24(2)13-9-17/h6-8,14-15H,4-5,9-13H2,1-3H3. The monoisotopic (exact) mass is 396 g/mol. The van der Waals surface area contributed by atoms with E-state index < -0.39 is 0 Å². The maximum atomic E-state index is 12.8. The van der Waals surface area contributed by atoms with Crippen LogP contribution in [0, 0.1) is 6.92 Å². The van der Waals surface area contributed by atoms with Crippen LogP contribution in [0.3, 0.4) is 0 Å². The summed E-state index contributed by atoms with van der Waals surface area (Å²) >= 11 is 1.60. The van der Waals surface area contributed by atoms with Crippen LogP contribution >= 0.6 is 11.3 Å². The fourth-order valence-electron chi connectivity index (χ4n) is 4.03. The van der Waals surface area contributed by atoms with E-state index in [4.69, 9.17) is 4.74 Å². The van der Waals surface area contributed by atoms with Crippen LogP contribution in [0.1, 0.15) is 40.1 Å². The number of methoxy groups -OCH3 is 1. The quantitative estimate of drug-likeness (QED) is 0.752. The Morgan fingerprint density at radius 3 is 2.61 bits per heavy atom. The number of carbonyl (C=O) groups is 1. The van der Waals surface area contributed by atoms with Crippen molar-refractivity contribution in [1.82, 2.24) is 9.80 Å². The van der Waals surface area contributed by atoms with Crippen molar-refractivity contribution < 1.29 is 9.53 Å². The van der Waals surface area contributed by atoms with Gasteiger partial charge in [0.25, 0.3) is 5.91 Å². The Balaban J connectivity index is 1.63. The van der Waals surface area contributed by atoms with E-state index in [1.54, 1.807) is 18.4 Å². The van der Waals surface area contributed by atoms with Crippen molar-refractivity contribution in [2.24, 2.45) is 0 Å². The molecule has 2 aliphatic heterocycles. The minimum atomic E-state index is 0.186. The first-order chi connectivity index (χ1) is 13.6. The van der Waals surface area contributed by atoms with Gasteiger partial charge >= 0.3 is 0 Å². The fourth-order valence-corrected chi connectivity index (χ4v) is 5.16. The molecule has 3 heterocycles. The molecule has 0 atom stereocenters. The van der Waals surface area contributed by atoms with E-state index in [0.717, 1.165) is 72.1 Å². The number of thiophene rings is 1. The minimum absolute atomic E-state index is 0.186. The molecule has 0 spiro atoms. The molecule has 0 unspecified atom stereocenters. The molecule has 28 heavy (non-hydrogen) atoms. The highest BCUT2D eigenvalue weighted by atomic mass is 32.1. The summed E-state index contributed by atoms with van der Waals surface area (Å²) < 4.78 is 5.73. The van der Waals surface area contributed by atoms with Gasteiger partial charge in [-0.05, 0) is 62.1 Å². The van der Waals surface area contributed by atoms with Crippen LogP contribution in [0.5, 0.6) is 5.75 Å². The van der Waals surface area contributed by atoms with Gasteiger partial charge in [0.1, 0.15) is 5.75 Å². The summed E-state index contributed by atoms with van der Waals surface area (Å²) in [5, 5.41) is 0. The Kier molecular flexibility index (Phi) is 5.56. The molecule has 0 bridgehead atoms. The van der Waals surface area contributed by atoms with E-state index in [1.807, 2.05) is 11.8 Å². The lowest BCUT2D eigenvalue weighted by molar-refractivity contribution is 0.0797. The van der Waals surface area contributed by atoms with Gasteiger partial charge in [-0.25, -0.2) is 0 Å². The van der Waals surface area contributed by atoms with Crippen molar-refractivity contribution in [3.05, 3.63) is 46.3 Å². The number of nitrogens with zero attached hydrogens (tertiary/aromatic N) is 2. The zero-order valence-electron chi connectivity index (χ0n) is 17.0. The van der Waals surface area contributed by atoms with Gasteiger partial charge in [0, 0.05) is 36.6 Å². The lowest BCUT2D eigenvalue weighted by Gasteiger charge is -2.23. The van der Waals surface area contributed by atoms with E-state index in [2.05, 4.69) is 42.3 Å². The highest BCUT2D eigenvalue weighted by molar-refractivity contribution is 7.17. The average Bonchev–Trinajstić information content (AvgIpc) is 3.38. The van der Waals surface area contributed by atoms with Gasteiger partial charge in [0.2, 0.25) is 0 Å². The largest absolute Gasteiger partial charge is 0.496 e. The van der Waals surface area contributed by atoms with Crippen molar-refractivity contribution >= 4 is 22.8 Å². The van der Waals surface area contributed by atoms with E-state index >= 15 is 0 Å². The van der Waals surface area contributed by atoms with E-state index in [1.165, 1.54) is 11.1 Å². The molecular weight excluding hydrogens is 368 g/mol. The molecule has 1 saturated heterocycles. The minimum Gasteiger partial charge on any atom is -0.496 e. The number of aryl methyl sites for hydroxylation is 1. The number of rotatable bonds is 4. The summed E-state index contributed by atoms with van der Waals surface area (Å²) in [7, 11) is 3.88. The van der Waals surface area contributed by atoms with Gasteiger partial charge in [0.15, 0.2) is 0 Å². The van der Waals surface area contributed by atoms with Gasteiger partial charge in [-0.2, -0.15) is 0 Å². The van der Waals surface area contributed by atoms with Crippen molar-refractivity contribution in [3.63, 3.8) is 0 Å². The van der Waals surface area contributed by atoms with Gasteiger partial charge < -0.3 is 14.5 Å². The molecule has 4 nitrogen and oxygen atoms in total. The number of amides is 1. The zero-order valence-corrected chi connectivity index (χ0v) is 17.8. The lowest BCUT2D eigenvalue weighted by Crippen LogP contribution is -2.27. The van der Waals surface area contributed by atoms with Crippen LogP contribution < -0.4 is 4.74 Å². The first-order valence-electron chi connectivity index (χ1n) is 10.0. The number of benzene rings is 1. The Morgan fingerprint density at radius 1 is 1.14 bits per heavy atom. The highest BCUT2D eigenvalue weighted by Crippen LogP contribution is 2.37. The number of carbonyl (C=O) groups excluding carboxylic acids is 1. The average molecular weight is 397 g/mol. The Bertz CT molecular complexity index is 909. The summed E-state index contributed by atoms with van der Waals surface area (Å²) in [6.45, 7) is 5.87. The maximum Gasteiger partial charge on any atom is 0.264 e. The molecular formula is C23H28N2O2S. The second-order valence-corrected chi connectivity index (χ2v) is 8.83. The van der Waals surface area contributed by atoms with Crippen LogP contribution in [0.2, 0.25) is 0 Å². The summed E-state index contributed by atoms with van der Waals surface area (Å²) in [5.41, 5.74) is 4.72. The molecule has 5 heteroatoms. The number of likely N-dealkylation sites (tertiary alicyclic amines) is 1. The lowest BCUT2D eigenvalue weighted by atomic mass is 9.97. The maximum absolute atomic E-state index is 12.8. The van der Waals surface area contributed by atoms with Gasteiger partial charge in [-0.1, -0.05) is 18.2 Å². The van der Waals surface area contributed by atoms with Crippen molar-refractivity contribution in [2.75, 3.05) is 40.3 Å². The SMILES string of the molecule is COc1cc(-c2cc(C)c(C(=O)N3CCCC3)s2)ccc1C1=CCN(C)CC1. The first kappa shape index (κ1) is 19.2. The van der Waals surface area contributed by atoms with Crippen molar-refractivity contribution in [2.45, 2.75) is 26.2 Å². The molecule has 0 radical (unpaired) electrons. The van der Waals surface area contributed by atoms with Crippen LogP contribution in [0.25, 0.3) is 16.0 Å². The van der Waals surface area contributed by atoms with E-state index in [9.17, 15) is 4.79 Å². The molecule has 0 aliphatic carbocycles. The van der Waals surface area contributed by atoms with Gasteiger partial charge in [0.05, 0.1) is 12.0 Å². The van der Waals surface area contributed by atoms with E-state index in [0.29, 0.717) is 0 Å². The predicted molar refractivity (Wildman–Crippen MR) is 116 cm³/mol. The first-order valence-corrected chi connectivity index (χ1v) is 10.8. The predicted octanol–water partition coefficient (Wildman–Crippen LogP) is 4.69. The molecule has 148 valence electrons. The third-order valence-corrected chi connectivity index (χ3v) is 7.02. The second kappa shape index (κ2) is 8.10. The Hall–Kier alpha value is -2.11. The molecule has 1 aromatic heterocycles. The van der Waals surface area contributed by atoms with Crippen LogP contribution in [-0.2, 0) is 0 Å². The Labute approximate surface area is 171 Å². The molecule has 1 aromatic carbocycles. The normalized spacial score (nSPS) is 17.7. The zero-order chi connectivity index (χ0) is 19.7. The molecule has 0 saturated carbocycles. The number of hydrogen-bond acceptors (Lipinski definition) is 4. The Morgan fingerprint density at radius 2 is 1.93 bits per heavy atom. The summed E-state index contributed by atoms with van der Waals surface area (Å²) in [6, 6.07) is 8.58. The number of likely N-dealkylation sites (N-methyl/N-ethyl adjacent to an activating group) is 1. The van der Waals surface area contributed by atoms with Crippen molar-refractivity contribution in [1.29, 1.82) is 0 Å². The highest BCUT2D eigenvalue weighted by Gasteiger charge is 2.23. The summed E-state index contributed by atoms with van der Waals surface area (Å²) in [5.74, 6) is 1.10. The topological polar surface area (TPSA) is 32.8 Å². The third-order valence-electron chi connectivity index (χ3n) is 5.75. The van der Waals surface area contributed by atoms with E-state index in [-0.39, 0.29) is 5.91 Å². The number of hydrogen-bond donors (Lipinski definition) is 0. The molecule has 0 N–H and O–H groups in total. The van der Waals surface area contributed by atoms with Crippen LogP contribution in [-0.4, -0.2) is 56.0 Å². The summed E-state index contributed by atoms with van der Waals surface area (Å²) in [4.78, 5) is 19.1. The second-order valence-electron chi connectivity index (χ2n) is 7.78. The van der Waals surface area contributed by atoms with Crippen molar-refractivity contribution in [3.8, 4) is 16.2 Å². The molecule has 4 rings (SSSR count). The third kappa shape index (κ3) is 3.74. The van der Waals surface area contributed by atoms with Crippen LogP contribution in [0.4, 0.5) is 0 Å². The van der Waals surface area contributed by atoms with Gasteiger partial charge in [-0.3, -0.25) is 4.79 Å². The fraction of sp³-hybridized carbons (Fsp3) is 0.435.